The summed E-state index contributed by atoms with van der Waals surface area (Å²) in [6.45, 7) is 5.63. The maximum atomic E-state index is 14.4. The van der Waals surface area contributed by atoms with Crippen LogP contribution in [0.2, 0.25) is 0 Å². The fourth-order valence-corrected chi connectivity index (χ4v) is 4.82. The number of aliphatic imine (C=N–C) groups is 1. The lowest BCUT2D eigenvalue weighted by molar-refractivity contribution is 0.285. The minimum absolute atomic E-state index is 0.162. The molecule has 0 saturated heterocycles. The SMILES string of the molecule is CCNC(=NCC1(CS(C)(=O)=O)CC1)NC(C)c1ccc(OCC2CC2)c(F)c1. The molecule has 0 radical (unpaired) electrons. The van der Waals surface area contributed by atoms with Gasteiger partial charge in [0.2, 0.25) is 0 Å². The maximum Gasteiger partial charge on any atom is 0.191 e. The molecule has 0 amide bonds. The molecule has 6 nitrogen and oxygen atoms in total. The number of rotatable bonds is 10. The second kappa shape index (κ2) is 8.90. The van der Waals surface area contributed by atoms with E-state index in [1.807, 2.05) is 19.9 Å². The van der Waals surface area contributed by atoms with Crippen LogP contribution in [0.3, 0.4) is 0 Å². The lowest BCUT2D eigenvalue weighted by atomic mass is 10.1. The Balaban J connectivity index is 1.61. The Hall–Kier alpha value is -1.83. The quantitative estimate of drug-likeness (QED) is 0.445. The van der Waals surface area contributed by atoms with Crippen LogP contribution in [0.5, 0.6) is 5.75 Å². The number of guanidine groups is 1. The number of nitrogens with zero attached hydrogens (tertiary/aromatic N) is 1. The van der Waals surface area contributed by atoms with Crippen LogP contribution in [0.1, 0.15) is 51.1 Å². The van der Waals surface area contributed by atoms with Crippen molar-refractivity contribution in [1.29, 1.82) is 0 Å². The van der Waals surface area contributed by atoms with E-state index in [1.54, 1.807) is 6.07 Å². The predicted molar refractivity (Wildman–Crippen MR) is 114 cm³/mol. The van der Waals surface area contributed by atoms with Crippen molar-refractivity contribution < 1.29 is 17.5 Å². The molecule has 2 N–H and O–H groups in total. The minimum Gasteiger partial charge on any atom is -0.490 e. The van der Waals surface area contributed by atoms with E-state index < -0.39 is 9.84 Å². The Labute approximate surface area is 173 Å². The predicted octanol–water partition coefficient (Wildman–Crippen LogP) is 3.06. The van der Waals surface area contributed by atoms with Gasteiger partial charge in [0.1, 0.15) is 9.84 Å². The highest BCUT2D eigenvalue weighted by atomic mass is 32.2. The van der Waals surface area contributed by atoms with Gasteiger partial charge in [-0.05, 0) is 63.1 Å². The third kappa shape index (κ3) is 6.87. The Morgan fingerprint density at radius 2 is 2.10 bits per heavy atom. The molecule has 1 atom stereocenters. The summed E-state index contributed by atoms with van der Waals surface area (Å²) >= 11 is 0. The standard InChI is InChI=1S/C21H32FN3O3S/c1-4-23-20(24-13-21(9-10-21)14-29(3,26)27)25-15(2)17-7-8-19(18(22)11-17)28-12-16-5-6-16/h7-8,11,15-16H,4-6,9-10,12-14H2,1-3H3,(H2,23,24,25). The maximum absolute atomic E-state index is 14.4. The van der Waals surface area contributed by atoms with E-state index in [1.165, 1.54) is 25.2 Å². The molecular formula is C21H32FN3O3S. The van der Waals surface area contributed by atoms with Gasteiger partial charge in [0.25, 0.3) is 0 Å². The Kier molecular flexibility index (Phi) is 6.71. The highest BCUT2D eigenvalue weighted by Gasteiger charge is 2.45. The van der Waals surface area contributed by atoms with Crippen molar-refractivity contribution in [3.63, 3.8) is 0 Å². The van der Waals surface area contributed by atoms with Gasteiger partial charge in [0.15, 0.2) is 17.5 Å². The van der Waals surface area contributed by atoms with Crippen molar-refractivity contribution >= 4 is 15.8 Å². The highest BCUT2D eigenvalue weighted by Crippen LogP contribution is 2.46. The average Bonchev–Trinajstić information content (AvgIpc) is 3.55. The topological polar surface area (TPSA) is 79.8 Å². The molecule has 0 aromatic heterocycles. The van der Waals surface area contributed by atoms with Gasteiger partial charge in [0.05, 0.1) is 18.4 Å². The summed E-state index contributed by atoms with van der Waals surface area (Å²) in [5.41, 5.74) is 0.565. The first kappa shape index (κ1) is 21.9. The minimum atomic E-state index is -3.02. The van der Waals surface area contributed by atoms with Gasteiger partial charge in [-0.3, -0.25) is 4.99 Å². The molecule has 1 unspecified atom stereocenters. The average molecular weight is 426 g/mol. The third-order valence-electron chi connectivity index (χ3n) is 5.42. The molecule has 1 aromatic carbocycles. The zero-order chi connectivity index (χ0) is 21.1. The molecule has 2 aliphatic carbocycles. The summed E-state index contributed by atoms with van der Waals surface area (Å²) in [6, 6.07) is 4.87. The first-order chi connectivity index (χ1) is 13.7. The normalized spacial score (nSPS) is 19.5. The smallest absolute Gasteiger partial charge is 0.191 e. The number of hydrogen-bond donors (Lipinski definition) is 2. The van der Waals surface area contributed by atoms with E-state index in [-0.39, 0.29) is 23.0 Å². The first-order valence-electron chi connectivity index (χ1n) is 10.3. The number of sulfone groups is 1. The van der Waals surface area contributed by atoms with Gasteiger partial charge >= 0.3 is 0 Å². The summed E-state index contributed by atoms with van der Waals surface area (Å²) in [5, 5.41) is 6.47. The van der Waals surface area contributed by atoms with Crippen LogP contribution in [-0.2, 0) is 9.84 Å². The number of ether oxygens (including phenoxy) is 1. The molecular weight excluding hydrogens is 393 g/mol. The fraction of sp³-hybridized carbons (Fsp3) is 0.667. The summed E-state index contributed by atoms with van der Waals surface area (Å²) in [7, 11) is -3.02. The van der Waals surface area contributed by atoms with Crippen molar-refractivity contribution in [3.05, 3.63) is 29.6 Å². The Morgan fingerprint density at radius 1 is 1.38 bits per heavy atom. The van der Waals surface area contributed by atoms with E-state index in [4.69, 9.17) is 4.74 Å². The number of benzene rings is 1. The molecule has 162 valence electrons. The number of halogens is 1. The molecule has 0 aliphatic heterocycles. The van der Waals surface area contributed by atoms with Crippen LogP contribution in [0.25, 0.3) is 0 Å². The van der Waals surface area contributed by atoms with Gasteiger partial charge < -0.3 is 15.4 Å². The summed E-state index contributed by atoms with van der Waals surface area (Å²) in [4.78, 5) is 4.60. The monoisotopic (exact) mass is 425 g/mol. The zero-order valence-electron chi connectivity index (χ0n) is 17.5. The van der Waals surface area contributed by atoms with E-state index in [9.17, 15) is 12.8 Å². The first-order valence-corrected chi connectivity index (χ1v) is 12.4. The van der Waals surface area contributed by atoms with Gasteiger partial charge in [-0.1, -0.05) is 6.07 Å². The molecule has 2 fully saturated rings. The van der Waals surface area contributed by atoms with Crippen LogP contribution in [0, 0.1) is 17.2 Å². The summed E-state index contributed by atoms with van der Waals surface area (Å²) in [6.07, 6.45) is 5.37. The Bertz CT molecular complexity index is 849. The van der Waals surface area contributed by atoms with E-state index in [2.05, 4.69) is 15.6 Å². The van der Waals surface area contributed by atoms with Crippen molar-refractivity contribution in [1.82, 2.24) is 10.6 Å². The van der Waals surface area contributed by atoms with Crippen molar-refractivity contribution in [2.45, 2.75) is 45.6 Å². The lowest BCUT2D eigenvalue weighted by Crippen LogP contribution is -2.39. The largest absolute Gasteiger partial charge is 0.490 e. The van der Waals surface area contributed by atoms with Crippen LogP contribution in [0.15, 0.2) is 23.2 Å². The molecule has 8 heteroatoms. The van der Waals surface area contributed by atoms with Crippen LogP contribution in [0.4, 0.5) is 4.39 Å². The zero-order valence-corrected chi connectivity index (χ0v) is 18.3. The molecule has 0 heterocycles. The highest BCUT2D eigenvalue weighted by molar-refractivity contribution is 7.90. The Morgan fingerprint density at radius 3 is 2.66 bits per heavy atom. The molecule has 2 saturated carbocycles. The fourth-order valence-electron chi connectivity index (χ4n) is 3.33. The van der Waals surface area contributed by atoms with Crippen LogP contribution < -0.4 is 15.4 Å². The lowest BCUT2D eigenvalue weighted by Gasteiger charge is -2.20. The van der Waals surface area contributed by atoms with Crippen LogP contribution in [-0.4, -0.2) is 46.1 Å². The number of hydrogen-bond acceptors (Lipinski definition) is 4. The van der Waals surface area contributed by atoms with Gasteiger partial charge in [-0.25, -0.2) is 12.8 Å². The number of nitrogens with one attached hydrogen (secondary N) is 2. The molecule has 0 spiro atoms. The van der Waals surface area contributed by atoms with Crippen LogP contribution >= 0.6 is 0 Å². The van der Waals surface area contributed by atoms with E-state index in [0.717, 1.165) is 18.4 Å². The second-order valence-electron chi connectivity index (χ2n) is 8.58. The summed E-state index contributed by atoms with van der Waals surface area (Å²) in [5.74, 6) is 1.29. The second-order valence-corrected chi connectivity index (χ2v) is 10.7. The van der Waals surface area contributed by atoms with E-state index in [0.29, 0.717) is 37.3 Å². The molecule has 29 heavy (non-hydrogen) atoms. The molecule has 3 rings (SSSR count). The molecule has 0 bridgehead atoms. The van der Waals surface area contributed by atoms with Gasteiger partial charge in [0, 0.05) is 24.8 Å². The van der Waals surface area contributed by atoms with Crippen molar-refractivity contribution in [3.8, 4) is 5.75 Å². The van der Waals surface area contributed by atoms with Gasteiger partial charge in [-0.2, -0.15) is 0 Å². The molecule has 1 aromatic rings. The van der Waals surface area contributed by atoms with Gasteiger partial charge in [-0.15, -0.1) is 0 Å². The van der Waals surface area contributed by atoms with Crippen molar-refractivity contribution in [2.24, 2.45) is 16.3 Å². The van der Waals surface area contributed by atoms with E-state index >= 15 is 0 Å². The van der Waals surface area contributed by atoms with Crippen molar-refractivity contribution in [2.75, 3.05) is 31.7 Å². The summed E-state index contributed by atoms with van der Waals surface area (Å²) < 4.78 is 43.2. The third-order valence-corrected chi connectivity index (χ3v) is 6.56. The molecule has 2 aliphatic rings.